The third kappa shape index (κ3) is 1.25. The number of hydrogen-bond donors (Lipinski definition) is 0. The second kappa shape index (κ2) is 2.74. The lowest BCUT2D eigenvalue weighted by molar-refractivity contribution is -0.380. The molecule has 0 atom stereocenters. The SMILES string of the molecule is O=POc1[nH+]ccs1. The van der Waals surface area contributed by atoms with Gasteiger partial charge >= 0.3 is 13.9 Å². The van der Waals surface area contributed by atoms with Crippen LogP contribution >= 0.6 is 20.0 Å². The Morgan fingerprint density at radius 2 is 2.75 bits per heavy atom. The Labute approximate surface area is 51.6 Å². The zero-order chi connectivity index (χ0) is 5.82. The summed E-state index contributed by atoms with van der Waals surface area (Å²) in [5.74, 6) is 0. The summed E-state index contributed by atoms with van der Waals surface area (Å²) >= 11 is 1.36. The van der Waals surface area contributed by atoms with E-state index in [-0.39, 0.29) is 8.69 Å². The van der Waals surface area contributed by atoms with Crippen molar-refractivity contribution in [1.29, 1.82) is 0 Å². The lowest BCUT2D eigenvalue weighted by Gasteiger charge is -1.73. The molecule has 8 heavy (non-hydrogen) atoms. The Balaban J connectivity index is 2.62. The van der Waals surface area contributed by atoms with E-state index in [9.17, 15) is 4.57 Å². The predicted octanol–water partition coefficient (Wildman–Crippen LogP) is 1.15. The average Bonchev–Trinajstić information content (AvgIpc) is 2.19. The van der Waals surface area contributed by atoms with Crippen LogP contribution in [-0.4, -0.2) is 0 Å². The molecule has 0 unspecified atom stereocenters. The van der Waals surface area contributed by atoms with Gasteiger partial charge in [0.25, 0.3) is 0 Å². The van der Waals surface area contributed by atoms with Gasteiger partial charge in [-0.1, -0.05) is 0 Å². The first-order chi connectivity index (χ1) is 3.93. The third-order valence-corrected chi connectivity index (χ3v) is 1.63. The van der Waals surface area contributed by atoms with Gasteiger partial charge in [-0.05, 0) is 11.3 Å². The van der Waals surface area contributed by atoms with Crippen molar-refractivity contribution in [3.05, 3.63) is 11.6 Å². The van der Waals surface area contributed by atoms with Gasteiger partial charge in [0, 0.05) is 0 Å². The van der Waals surface area contributed by atoms with E-state index in [1.165, 1.54) is 11.3 Å². The molecule has 0 fully saturated rings. The van der Waals surface area contributed by atoms with E-state index in [0.717, 1.165) is 0 Å². The molecule has 0 amide bonds. The fraction of sp³-hybridized carbons (Fsp3) is 0. The zero-order valence-corrected chi connectivity index (χ0v) is 5.54. The van der Waals surface area contributed by atoms with Crippen LogP contribution in [0, 0.1) is 0 Å². The highest BCUT2D eigenvalue weighted by Crippen LogP contribution is 2.12. The molecule has 1 N–H and O–H groups in total. The summed E-state index contributed by atoms with van der Waals surface area (Å²) < 4.78 is 14.3. The summed E-state index contributed by atoms with van der Waals surface area (Å²) in [6.07, 6.45) is 1.71. The van der Waals surface area contributed by atoms with Gasteiger partial charge in [0.15, 0.2) is 6.20 Å². The van der Waals surface area contributed by atoms with Crippen LogP contribution in [0.3, 0.4) is 0 Å². The Hall–Kier alpha value is -0.470. The predicted molar refractivity (Wildman–Crippen MR) is 29.1 cm³/mol. The first-order valence-corrected chi connectivity index (χ1v) is 3.49. The number of thiazole rings is 1. The van der Waals surface area contributed by atoms with Gasteiger partial charge in [-0.25, -0.2) is 4.57 Å². The molecule has 3 nitrogen and oxygen atoms in total. The summed E-state index contributed by atoms with van der Waals surface area (Å²) in [5.41, 5.74) is 0. The summed E-state index contributed by atoms with van der Waals surface area (Å²) in [6.45, 7) is 0. The molecule has 1 aromatic heterocycles. The number of nitrogens with one attached hydrogen (secondary N) is 1. The second-order valence-corrected chi connectivity index (χ2v) is 2.23. The van der Waals surface area contributed by atoms with Crippen LogP contribution in [0.4, 0.5) is 0 Å². The second-order valence-electron chi connectivity index (χ2n) is 1.02. The number of hydrogen-bond acceptors (Lipinski definition) is 3. The monoisotopic (exact) mass is 148 g/mol. The van der Waals surface area contributed by atoms with E-state index >= 15 is 0 Å². The van der Waals surface area contributed by atoms with Crippen LogP contribution in [0.1, 0.15) is 0 Å². The van der Waals surface area contributed by atoms with Gasteiger partial charge in [-0.2, -0.15) is 4.98 Å². The first kappa shape index (κ1) is 5.66. The van der Waals surface area contributed by atoms with Gasteiger partial charge < -0.3 is 4.52 Å². The maximum absolute atomic E-state index is 9.73. The van der Waals surface area contributed by atoms with Crippen molar-refractivity contribution in [2.75, 3.05) is 0 Å². The lowest BCUT2D eigenvalue weighted by Crippen LogP contribution is -1.95. The van der Waals surface area contributed by atoms with Crippen LogP contribution in [0.15, 0.2) is 11.6 Å². The van der Waals surface area contributed by atoms with Gasteiger partial charge in [0.2, 0.25) is 0 Å². The topological polar surface area (TPSA) is 40.4 Å². The molecular weight excluding hydrogens is 145 g/mol. The van der Waals surface area contributed by atoms with E-state index in [1.54, 1.807) is 11.6 Å². The highest BCUT2D eigenvalue weighted by atomic mass is 32.1. The van der Waals surface area contributed by atoms with Crippen LogP contribution in [0.5, 0.6) is 5.19 Å². The molecule has 0 bridgehead atoms. The third-order valence-electron chi connectivity index (χ3n) is 0.564. The van der Waals surface area contributed by atoms with Gasteiger partial charge in [0.05, 0.1) is 5.38 Å². The quantitative estimate of drug-likeness (QED) is 0.590. The van der Waals surface area contributed by atoms with Crippen LogP contribution < -0.4 is 9.51 Å². The maximum Gasteiger partial charge on any atom is 0.439 e. The average molecular weight is 148 g/mol. The normalized spacial score (nSPS) is 9.50. The fourth-order valence-electron chi connectivity index (χ4n) is 0.314. The molecule has 5 heteroatoms. The summed E-state index contributed by atoms with van der Waals surface area (Å²) in [6, 6.07) is 0. The standard InChI is InChI=1S/C3H2NO2PS/c5-7-6-3-4-1-2-8-3/h1-2H/p+1. The molecule has 0 saturated carbocycles. The Bertz CT molecular complexity index is 164. The molecule has 0 aliphatic carbocycles. The van der Waals surface area contributed by atoms with Crippen molar-refractivity contribution >= 4 is 20.0 Å². The van der Waals surface area contributed by atoms with Crippen molar-refractivity contribution < 1.29 is 14.1 Å². The van der Waals surface area contributed by atoms with E-state index in [2.05, 4.69) is 9.51 Å². The Kier molecular flexibility index (Phi) is 1.94. The minimum Gasteiger partial charge on any atom is -0.342 e. The van der Waals surface area contributed by atoms with Gasteiger partial charge in [-0.3, -0.25) is 0 Å². The minimum atomic E-state index is -0.315. The van der Waals surface area contributed by atoms with E-state index in [1.807, 2.05) is 0 Å². The van der Waals surface area contributed by atoms with Gasteiger partial charge in [0.1, 0.15) is 0 Å². The molecule has 1 aromatic rings. The molecule has 0 aromatic carbocycles. The fourth-order valence-corrected chi connectivity index (χ4v) is 1.09. The Morgan fingerprint density at radius 1 is 1.88 bits per heavy atom. The van der Waals surface area contributed by atoms with Crippen LogP contribution in [-0.2, 0) is 4.57 Å². The first-order valence-electron chi connectivity index (χ1n) is 1.88. The number of aromatic nitrogens is 1. The van der Waals surface area contributed by atoms with Gasteiger partial charge in [-0.15, -0.1) is 0 Å². The minimum absolute atomic E-state index is 0.315. The molecule has 0 saturated heterocycles. The Morgan fingerprint density at radius 3 is 3.25 bits per heavy atom. The largest absolute Gasteiger partial charge is 0.439 e. The highest BCUT2D eigenvalue weighted by Gasteiger charge is 1.99. The number of rotatable bonds is 2. The molecule has 0 aliphatic rings. The van der Waals surface area contributed by atoms with Crippen molar-refractivity contribution in [3.8, 4) is 5.19 Å². The van der Waals surface area contributed by atoms with Crippen LogP contribution in [0.25, 0.3) is 0 Å². The van der Waals surface area contributed by atoms with Crippen LogP contribution in [0.2, 0.25) is 0 Å². The molecule has 1 heterocycles. The van der Waals surface area contributed by atoms with E-state index in [0.29, 0.717) is 5.19 Å². The van der Waals surface area contributed by atoms with E-state index in [4.69, 9.17) is 0 Å². The summed E-state index contributed by atoms with van der Waals surface area (Å²) in [7, 11) is -0.315. The summed E-state index contributed by atoms with van der Waals surface area (Å²) in [5, 5.41) is 2.36. The molecule has 1 rings (SSSR count). The van der Waals surface area contributed by atoms with E-state index < -0.39 is 0 Å². The molecule has 0 radical (unpaired) electrons. The maximum atomic E-state index is 9.73. The molecular formula is C3H3NO2PS+. The highest BCUT2D eigenvalue weighted by molar-refractivity contribution is 7.19. The number of H-pyrrole nitrogens is 1. The van der Waals surface area contributed by atoms with Crippen molar-refractivity contribution in [2.24, 2.45) is 0 Å². The van der Waals surface area contributed by atoms with Crippen molar-refractivity contribution in [2.45, 2.75) is 0 Å². The molecule has 0 spiro atoms. The zero-order valence-electron chi connectivity index (χ0n) is 3.83. The number of aromatic amines is 1. The summed E-state index contributed by atoms with van der Waals surface area (Å²) in [4.78, 5) is 2.73. The van der Waals surface area contributed by atoms with Crippen molar-refractivity contribution in [3.63, 3.8) is 0 Å². The smallest absolute Gasteiger partial charge is 0.342 e. The molecule has 42 valence electrons. The van der Waals surface area contributed by atoms with Crippen molar-refractivity contribution in [1.82, 2.24) is 0 Å². The lowest BCUT2D eigenvalue weighted by atomic mass is 11.0. The molecule has 0 aliphatic heterocycles.